The van der Waals surface area contributed by atoms with E-state index in [1.807, 2.05) is 13.8 Å². The minimum absolute atomic E-state index is 0.00567. The van der Waals surface area contributed by atoms with E-state index in [0.29, 0.717) is 22.0 Å². The predicted molar refractivity (Wildman–Crippen MR) is 93.5 cm³/mol. The highest BCUT2D eigenvalue weighted by Gasteiger charge is 2.06. The summed E-state index contributed by atoms with van der Waals surface area (Å²) in [6.07, 6.45) is 0. The van der Waals surface area contributed by atoms with Crippen molar-refractivity contribution >= 4 is 29.2 Å². The van der Waals surface area contributed by atoms with Crippen molar-refractivity contribution in [2.45, 2.75) is 13.8 Å². The molecule has 0 atom stereocenters. The maximum atomic E-state index is 11.8. The van der Waals surface area contributed by atoms with E-state index in [2.05, 4.69) is 10.6 Å². The topological polar surface area (TPSA) is 93.4 Å². The number of aryl methyl sites for hydroxylation is 2. The Labute approximate surface area is 144 Å². The quantitative estimate of drug-likeness (QED) is 0.725. The molecule has 0 aliphatic rings. The van der Waals surface area contributed by atoms with Gasteiger partial charge in [-0.05, 0) is 61.4 Å². The van der Waals surface area contributed by atoms with Crippen molar-refractivity contribution in [2.24, 2.45) is 5.73 Å². The first-order valence-corrected chi connectivity index (χ1v) is 7.59. The molecule has 0 radical (unpaired) electrons. The fourth-order valence-electron chi connectivity index (χ4n) is 2.07. The monoisotopic (exact) mass is 347 g/mol. The Bertz CT molecular complexity index is 737. The van der Waals surface area contributed by atoms with Gasteiger partial charge in [0.2, 0.25) is 5.91 Å². The van der Waals surface area contributed by atoms with Gasteiger partial charge in [-0.25, -0.2) is 4.79 Å². The molecule has 24 heavy (non-hydrogen) atoms. The molecule has 0 aromatic heterocycles. The van der Waals surface area contributed by atoms with Crippen molar-refractivity contribution < 1.29 is 14.3 Å². The molecule has 0 spiro atoms. The standard InChI is InChI=1S/C17H18ClN3O3/c1-10-7-14(8-11(2)15(10)18)24-9-20-17(23)21-13-5-3-12(4-6-13)16(19)22/h3-8H,9H2,1-2H3,(H2,19,22)(H2,20,21,23). The van der Waals surface area contributed by atoms with Crippen molar-refractivity contribution in [3.63, 3.8) is 0 Å². The molecule has 3 amide bonds. The van der Waals surface area contributed by atoms with Crippen LogP contribution >= 0.6 is 11.6 Å². The van der Waals surface area contributed by atoms with Gasteiger partial charge in [-0.3, -0.25) is 4.79 Å². The smallest absolute Gasteiger partial charge is 0.321 e. The Kier molecular flexibility index (Phi) is 5.65. The van der Waals surface area contributed by atoms with Gasteiger partial charge < -0.3 is 21.1 Å². The van der Waals surface area contributed by atoms with Crippen LogP contribution < -0.4 is 21.1 Å². The molecular weight excluding hydrogens is 330 g/mol. The Morgan fingerprint density at radius 1 is 1.12 bits per heavy atom. The summed E-state index contributed by atoms with van der Waals surface area (Å²) >= 11 is 6.09. The molecule has 7 heteroatoms. The van der Waals surface area contributed by atoms with Crippen LogP contribution in [0.5, 0.6) is 5.75 Å². The van der Waals surface area contributed by atoms with Gasteiger partial charge in [-0.15, -0.1) is 0 Å². The largest absolute Gasteiger partial charge is 0.473 e. The van der Waals surface area contributed by atoms with E-state index in [1.54, 1.807) is 24.3 Å². The van der Waals surface area contributed by atoms with Gasteiger partial charge >= 0.3 is 6.03 Å². The number of rotatable bonds is 5. The minimum Gasteiger partial charge on any atom is -0.473 e. The van der Waals surface area contributed by atoms with Gasteiger partial charge in [0.25, 0.3) is 0 Å². The number of carbonyl (C=O) groups excluding carboxylic acids is 2. The molecule has 0 fully saturated rings. The van der Waals surface area contributed by atoms with Crippen LogP contribution in [-0.2, 0) is 0 Å². The van der Waals surface area contributed by atoms with E-state index >= 15 is 0 Å². The number of nitrogens with two attached hydrogens (primary N) is 1. The zero-order chi connectivity index (χ0) is 17.7. The average molecular weight is 348 g/mol. The van der Waals surface area contributed by atoms with E-state index in [4.69, 9.17) is 22.1 Å². The number of halogens is 1. The summed E-state index contributed by atoms with van der Waals surface area (Å²) in [6, 6.07) is 9.43. The Balaban J connectivity index is 1.84. The highest BCUT2D eigenvalue weighted by molar-refractivity contribution is 6.32. The van der Waals surface area contributed by atoms with Gasteiger partial charge in [0.05, 0.1) is 0 Å². The molecule has 0 aliphatic carbocycles. The number of hydrogen-bond acceptors (Lipinski definition) is 3. The summed E-state index contributed by atoms with van der Waals surface area (Å²) in [7, 11) is 0. The lowest BCUT2D eigenvalue weighted by molar-refractivity contribution is 0.100. The number of urea groups is 1. The number of benzene rings is 2. The third kappa shape index (κ3) is 4.63. The lowest BCUT2D eigenvalue weighted by atomic mass is 10.1. The van der Waals surface area contributed by atoms with Gasteiger partial charge in [0, 0.05) is 16.3 Å². The molecule has 0 heterocycles. The summed E-state index contributed by atoms with van der Waals surface area (Å²) in [5.41, 5.74) is 7.88. The van der Waals surface area contributed by atoms with E-state index in [9.17, 15) is 9.59 Å². The molecular formula is C17H18ClN3O3. The van der Waals surface area contributed by atoms with E-state index in [1.165, 1.54) is 12.1 Å². The van der Waals surface area contributed by atoms with Crippen molar-refractivity contribution in [1.82, 2.24) is 5.32 Å². The fourth-order valence-corrected chi connectivity index (χ4v) is 2.18. The van der Waals surface area contributed by atoms with E-state index < -0.39 is 11.9 Å². The molecule has 0 saturated carbocycles. The number of nitrogens with one attached hydrogen (secondary N) is 2. The van der Waals surface area contributed by atoms with Crippen molar-refractivity contribution in [1.29, 1.82) is 0 Å². The Hall–Kier alpha value is -2.73. The zero-order valence-corrected chi connectivity index (χ0v) is 14.1. The van der Waals surface area contributed by atoms with Crippen molar-refractivity contribution in [3.8, 4) is 5.75 Å². The number of hydrogen-bond donors (Lipinski definition) is 3. The van der Waals surface area contributed by atoms with E-state index in [-0.39, 0.29) is 6.73 Å². The zero-order valence-electron chi connectivity index (χ0n) is 13.4. The average Bonchev–Trinajstić information content (AvgIpc) is 2.53. The second-order valence-electron chi connectivity index (χ2n) is 5.23. The van der Waals surface area contributed by atoms with Gasteiger partial charge in [-0.2, -0.15) is 0 Å². The third-order valence-corrected chi connectivity index (χ3v) is 3.90. The highest BCUT2D eigenvalue weighted by atomic mass is 35.5. The lowest BCUT2D eigenvalue weighted by Gasteiger charge is -2.11. The number of carbonyl (C=O) groups is 2. The molecule has 6 nitrogen and oxygen atoms in total. The molecule has 0 aliphatic heterocycles. The predicted octanol–water partition coefficient (Wildman–Crippen LogP) is 3.21. The number of primary amides is 1. The van der Waals surface area contributed by atoms with Crippen LogP contribution in [0, 0.1) is 13.8 Å². The van der Waals surface area contributed by atoms with E-state index in [0.717, 1.165) is 11.1 Å². The summed E-state index contributed by atoms with van der Waals surface area (Å²) in [5.74, 6) is 0.105. The van der Waals surface area contributed by atoms with Crippen molar-refractivity contribution in [3.05, 3.63) is 58.1 Å². The second-order valence-corrected chi connectivity index (χ2v) is 5.61. The molecule has 2 rings (SSSR count). The Morgan fingerprint density at radius 2 is 1.71 bits per heavy atom. The first-order valence-electron chi connectivity index (χ1n) is 7.21. The molecule has 0 unspecified atom stereocenters. The fraction of sp³-hybridized carbons (Fsp3) is 0.176. The molecule has 2 aromatic rings. The van der Waals surface area contributed by atoms with Crippen molar-refractivity contribution in [2.75, 3.05) is 12.0 Å². The number of ether oxygens (including phenoxy) is 1. The van der Waals surface area contributed by atoms with Crippen LogP contribution in [0.2, 0.25) is 5.02 Å². The van der Waals surface area contributed by atoms with Crippen LogP contribution in [0.1, 0.15) is 21.5 Å². The second kappa shape index (κ2) is 7.70. The third-order valence-electron chi connectivity index (χ3n) is 3.31. The van der Waals surface area contributed by atoms with Crippen LogP contribution in [0.15, 0.2) is 36.4 Å². The first-order chi connectivity index (χ1) is 11.4. The first kappa shape index (κ1) is 17.6. The van der Waals surface area contributed by atoms with Crippen LogP contribution in [0.25, 0.3) is 0 Å². The van der Waals surface area contributed by atoms with Gasteiger partial charge in [0.1, 0.15) is 5.75 Å². The number of anilines is 1. The summed E-state index contributed by atoms with van der Waals surface area (Å²) in [6.45, 7) is 3.78. The lowest BCUT2D eigenvalue weighted by Crippen LogP contribution is -2.32. The molecule has 0 bridgehead atoms. The minimum atomic E-state index is -0.520. The Morgan fingerprint density at radius 3 is 2.25 bits per heavy atom. The summed E-state index contributed by atoms with van der Waals surface area (Å²) in [4.78, 5) is 22.8. The normalized spacial score (nSPS) is 10.1. The molecule has 2 aromatic carbocycles. The molecule has 126 valence electrons. The maximum Gasteiger partial charge on any atom is 0.321 e. The van der Waals surface area contributed by atoms with Crippen LogP contribution in [0.4, 0.5) is 10.5 Å². The highest BCUT2D eigenvalue weighted by Crippen LogP contribution is 2.25. The maximum absolute atomic E-state index is 11.8. The molecule has 4 N–H and O–H groups in total. The van der Waals surface area contributed by atoms with Crippen LogP contribution in [-0.4, -0.2) is 18.7 Å². The van der Waals surface area contributed by atoms with Gasteiger partial charge in [-0.1, -0.05) is 11.6 Å². The van der Waals surface area contributed by atoms with Gasteiger partial charge in [0.15, 0.2) is 6.73 Å². The summed E-state index contributed by atoms with van der Waals surface area (Å²) in [5, 5.41) is 5.90. The van der Waals surface area contributed by atoms with Crippen LogP contribution in [0.3, 0.4) is 0 Å². The molecule has 0 saturated heterocycles. The SMILES string of the molecule is Cc1cc(OCNC(=O)Nc2ccc(C(N)=O)cc2)cc(C)c1Cl. The number of amides is 3. The summed E-state index contributed by atoms with van der Waals surface area (Å²) < 4.78 is 5.49.